The van der Waals surface area contributed by atoms with Crippen molar-refractivity contribution in [3.05, 3.63) is 52.2 Å². The SMILES string of the molecule is CC(C)c1ccccc1OCC(=O)NNC(=S)NC(=O)c1cccs1. The van der Waals surface area contributed by atoms with E-state index in [1.165, 1.54) is 11.3 Å². The maximum atomic E-state index is 11.8. The second-order valence-corrected chi connectivity index (χ2v) is 6.77. The van der Waals surface area contributed by atoms with Gasteiger partial charge in [0.15, 0.2) is 11.7 Å². The van der Waals surface area contributed by atoms with E-state index in [1.807, 2.05) is 24.3 Å². The lowest BCUT2D eigenvalue weighted by Crippen LogP contribution is -2.49. The van der Waals surface area contributed by atoms with E-state index in [0.29, 0.717) is 10.6 Å². The van der Waals surface area contributed by atoms with Crippen molar-refractivity contribution in [2.24, 2.45) is 0 Å². The molecule has 0 aliphatic rings. The summed E-state index contributed by atoms with van der Waals surface area (Å²) in [5.74, 6) is 0.216. The summed E-state index contributed by atoms with van der Waals surface area (Å²) in [6.07, 6.45) is 0. The average Bonchev–Trinajstić information content (AvgIpc) is 3.13. The van der Waals surface area contributed by atoms with Crippen LogP contribution >= 0.6 is 23.6 Å². The van der Waals surface area contributed by atoms with Gasteiger partial charge in [-0.05, 0) is 41.2 Å². The monoisotopic (exact) mass is 377 g/mol. The van der Waals surface area contributed by atoms with Crippen LogP contribution in [-0.4, -0.2) is 23.5 Å². The molecule has 0 unspecified atom stereocenters. The molecule has 0 bridgehead atoms. The molecule has 3 N–H and O–H groups in total. The first kappa shape index (κ1) is 18.9. The van der Waals surface area contributed by atoms with Crippen LogP contribution in [0.15, 0.2) is 41.8 Å². The lowest BCUT2D eigenvalue weighted by molar-refractivity contribution is -0.123. The van der Waals surface area contributed by atoms with E-state index in [-0.39, 0.29) is 23.5 Å². The zero-order chi connectivity index (χ0) is 18.2. The van der Waals surface area contributed by atoms with Crippen molar-refractivity contribution in [2.75, 3.05) is 6.61 Å². The number of rotatable bonds is 5. The van der Waals surface area contributed by atoms with Crippen LogP contribution in [0, 0.1) is 0 Å². The van der Waals surface area contributed by atoms with Crippen LogP contribution in [0.2, 0.25) is 0 Å². The normalized spacial score (nSPS) is 10.2. The first-order chi connectivity index (χ1) is 12.0. The van der Waals surface area contributed by atoms with Gasteiger partial charge in [0.25, 0.3) is 11.8 Å². The van der Waals surface area contributed by atoms with Gasteiger partial charge in [0, 0.05) is 0 Å². The van der Waals surface area contributed by atoms with E-state index in [2.05, 4.69) is 30.0 Å². The molecule has 132 valence electrons. The standard InChI is InChI=1S/C17H19N3O3S2/c1-11(2)12-6-3-4-7-13(12)23-10-15(21)19-20-17(24)18-16(22)14-8-5-9-25-14/h3-9,11H,10H2,1-2H3,(H,19,21)(H2,18,20,22,24). The Hall–Kier alpha value is -2.45. The Kier molecular flexibility index (Phi) is 6.91. The first-order valence-electron chi connectivity index (χ1n) is 7.62. The fourth-order valence-corrected chi connectivity index (χ4v) is 2.76. The highest BCUT2D eigenvalue weighted by Crippen LogP contribution is 2.25. The molecule has 1 aromatic heterocycles. The van der Waals surface area contributed by atoms with Gasteiger partial charge >= 0.3 is 0 Å². The second-order valence-electron chi connectivity index (χ2n) is 5.41. The molecule has 0 radical (unpaired) electrons. The molecule has 0 saturated carbocycles. The minimum atomic E-state index is -0.411. The highest BCUT2D eigenvalue weighted by Gasteiger charge is 2.11. The van der Waals surface area contributed by atoms with Gasteiger partial charge in [-0.3, -0.25) is 25.8 Å². The summed E-state index contributed by atoms with van der Waals surface area (Å²) < 4.78 is 5.55. The maximum absolute atomic E-state index is 11.8. The van der Waals surface area contributed by atoms with Crippen LogP contribution < -0.4 is 20.9 Å². The van der Waals surface area contributed by atoms with Gasteiger partial charge in [-0.2, -0.15) is 0 Å². The van der Waals surface area contributed by atoms with Crippen LogP contribution in [0.1, 0.15) is 35.0 Å². The first-order valence-corrected chi connectivity index (χ1v) is 8.91. The van der Waals surface area contributed by atoms with E-state index in [4.69, 9.17) is 17.0 Å². The van der Waals surface area contributed by atoms with E-state index < -0.39 is 5.91 Å². The summed E-state index contributed by atoms with van der Waals surface area (Å²) in [6, 6.07) is 11.0. The van der Waals surface area contributed by atoms with Gasteiger partial charge in [0.1, 0.15) is 5.75 Å². The van der Waals surface area contributed by atoms with Crippen LogP contribution in [0.5, 0.6) is 5.75 Å². The van der Waals surface area contributed by atoms with E-state index in [9.17, 15) is 9.59 Å². The van der Waals surface area contributed by atoms with E-state index in [0.717, 1.165) is 5.56 Å². The van der Waals surface area contributed by atoms with Crippen molar-refractivity contribution in [3.8, 4) is 5.75 Å². The number of ether oxygens (including phenoxy) is 1. The summed E-state index contributed by atoms with van der Waals surface area (Å²) >= 11 is 6.26. The molecular weight excluding hydrogens is 358 g/mol. The van der Waals surface area contributed by atoms with Crippen LogP contribution in [0.4, 0.5) is 0 Å². The highest BCUT2D eigenvalue weighted by molar-refractivity contribution is 7.80. The summed E-state index contributed by atoms with van der Waals surface area (Å²) in [5.41, 5.74) is 5.89. The van der Waals surface area contributed by atoms with Gasteiger partial charge in [-0.15, -0.1) is 11.3 Å². The van der Waals surface area contributed by atoms with Crippen molar-refractivity contribution in [2.45, 2.75) is 19.8 Å². The fourth-order valence-electron chi connectivity index (χ4n) is 2.00. The lowest BCUT2D eigenvalue weighted by Gasteiger charge is -2.14. The summed E-state index contributed by atoms with van der Waals surface area (Å²) in [5, 5.41) is 4.27. The second kappa shape index (κ2) is 9.14. The molecule has 0 saturated heterocycles. The molecule has 2 rings (SSSR count). The Bertz CT molecular complexity index is 745. The summed E-state index contributed by atoms with van der Waals surface area (Å²) in [4.78, 5) is 24.2. The quantitative estimate of drug-likeness (QED) is 0.551. The smallest absolute Gasteiger partial charge is 0.276 e. The zero-order valence-corrected chi connectivity index (χ0v) is 15.5. The van der Waals surface area contributed by atoms with E-state index in [1.54, 1.807) is 17.5 Å². The summed E-state index contributed by atoms with van der Waals surface area (Å²) in [7, 11) is 0. The third kappa shape index (κ3) is 5.84. The lowest BCUT2D eigenvalue weighted by atomic mass is 10.0. The number of carbonyl (C=O) groups excluding carboxylic acids is 2. The topological polar surface area (TPSA) is 79.5 Å². The number of thiocarbonyl (C=S) groups is 1. The highest BCUT2D eigenvalue weighted by atomic mass is 32.1. The number of hydrazine groups is 1. The third-order valence-corrected chi connectivity index (χ3v) is 4.26. The molecule has 6 nitrogen and oxygen atoms in total. The fraction of sp³-hybridized carbons (Fsp3) is 0.235. The van der Waals surface area contributed by atoms with Crippen molar-refractivity contribution in [3.63, 3.8) is 0 Å². The molecule has 0 fully saturated rings. The minimum Gasteiger partial charge on any atom is -0.483 e. The Balaban J connectivity index is 1.75. The maximum Gasteiger partial charge on any atom is 0.276 e. The number of hydrogen-bond acceptors (Lipinski definition) is 5. The van der Waals surface area contributed by atoms with Crippen molar-refractivity contribution >= 4 is 40.5 Å². The van der Waals surface area contributed by atoms with Crippen molar-refractivity contribution in [1.29, 1.82) is 0 Å². The van der Waals surface area contributed by atoms with Gasteiger partial charge in [-0.1, -0.05) is 38.1 Å². The van der Waals surface area contributed by atoms with Crippen LogP contribution in [0.3, 0.4) is 0 Å². The number of hydrogen-bond donors (Lipinski definition) is 3. The molecule has 2 aromatic rings. The molecule has 2 amide bonds. The molecule has 0 atom stereocenters. The molecular formula is C17H19N3O3S2. The number of amides is 2. The third-order valence-electron chi connectivity index (χ3n) is 3.19. The van der Waals surface area contributed by atoms with Gasteiger partial charge in [0.2, 0.25) is 0 Å². The number of thiophene rings is 1. The number of nitrogens with one attached hydrogen (secondary N) is 3. The Labute approximate surface area is 155 Å². The largest absolute Gasteiger partial charge is 0.483 e. The number of benzene rings is 1. The van der Waals surface area contributed by atoms with Crippen molar-refractivity contribution < 1.29 is 14.3 Å². The van der Waals surface area contributed by atoms with Crippen LogP contribution in [0.25, 0.3) is 0 Å². The average molecular weight is 377 g/mol. The minimum absolute atomic E-state index is 0.00864. The molecule has 8 heteroatoms. The molecule has 0 spiro atoms. The van der Waals surface area contributed by atoms with E-state index >= 15 is 0 Å². The Morgan fingerprint density at radius 1 is 1.16 bits per heavy atom. The predicted octanol–water partition coefficient (Wildman–Crippen LogP) is 2.59. The molecule has 0 aliphatic carbocycles. The van der Waals surface area contributed by atoms with Crippen LogP contribution in [-0.2, 0) is 4.79 Å². The van der Waals surface area contributed by atoms with Crippen molar-refractivity contribution in [1.82, 2.24) is 16.2 Å². The predicted molar refractivity (Wildman–Crippen MR) is 102 cm³/mol. The number of carbonyl (C=O) groups is 2. The van der Waals surface area contributed by atoms with Gasteiger partial charge in [0.05, 0.1) is 4.88 Å². The zero-order valence-electron chi connectivity index (χ0n) is 13.9. The molecule has 1 heterocycles. The van der Waals surface area contributed by atoms with Gasteiger partial charge in [-0.25, -0.2) is 0 Å². The number of para-hydroxylation sites is 1. The Morgan fingerprint density at radius 2 is 1.92 bits per heavy atom. The molecule has 25 heavy (non-hydrogen) atoms. The Morgan fingerprint density at radius 3 is 2.60 bits per heavy atom. The molecule has 0 aliphatic heterocycles. The van der Waals surface area contributed by atoms with Gasteiger partial charge < -0.3 is 4.74 Å². The molecule has 1 aromatic carbocycles. The summed E-state index contributed by atoms with van der Waals surface area (Å²) in [6.45, 7) is 3.94.